The van der Waals surface area contributed by atoms with Gasteiger partial charge in [0, 0.05) is 18.4 Å². The molecule has 1 aliphatic rings. The molecule has 0 aromatic carbocycles. The summed E-state index contributed by atoms with van der Waals surface area (Å²) in [7, 11) is 0. The van der Waals surface area contributed by atoms with E-state index >= 15 is 0 Å². The first-order valence-electron chi connectivity index (χ1n) is 10.8. The second-order valence-corrected chi connectivity index (χ2v) is 7.80. The smallest absolute Gasteiger partial charge is 0.245 e. The van der Waals surface area contributed by atoms with Gasteiger partial charge in [-0.1, -0.05) is 57.8 Å². The van der Waals surface area contributed by atoms with Gasteiger partial charge in [0.05, 0.1) is 13.0 Å². The van der Waals surface area contributed by atoms with Crippen LogP contribution in [0.3, 0.4) is 0 Å². The third-order valence-corrected chi connectivity index (χ3v) is 5.40. The number of pyridine rings is 1. The Morgan fingerprint density at radius 2 is 1.50 bits per heavy atom. The van der Waals surface area contributed by atoms with Crippen molar-refractivity contribution in [2.75, 3.05) is 6.61 Å². The van der Waals surface area contributed by atoms with Crippen LogP contribution in [0.5, 0.6) is 0 Å². The van der Waals surface area contributed by atoms with Gasteiger partial charge in [-0.05, 0) is 30.5 Å². The third kappa shape index (κ3) is 8.83. The summed E-state index contributed by atoms with van der Waals surface area (Å²) >= 11 is 0. The average Bonchev–Trinajstić information content (AvgIpc) is 2.69. The van der Waals surface area contributed by atoms with Crippen LogP contribution in [-0.4, -0.2) is 40.6 Å². The minimum absolute atomic E-state index is 0.123. The SMILES string of the molecule is O=C(Cc1ccncc1)N[C@@H](CO)C(=O)NC1CCCCCCCCCCC1. The molecule has 1 heterocycles. The molecule has 1 saturated carbocycles. The van der Waals surface area contributed by atoms with E-state index in [9.17, 15) is 14.7 Å². The third-order valence-electron chi connectivity index (χ3n) is 5.40. The Kier molecular flexibility index (Phi) is 10.6. The predicted molar refractivity (Wildman–Crippen MR) is 110 cm³/mol. The number of aliphatic hydroxyl groups is 1. The van der Waals surface area contributed by atoms with Crippen LogP contribution in [0, 0.1) is 0 Å². The highest BCUT2D eigenvalue weighted by molar-refractivity contribution is 5.88. The zero-order valence-electron chi connectivity index (χ0n) is 16.9. The van der Waals surface area contributed by atoms with Gasteiger partial charge in [0.1, 0.15) is 6.04 Å². The Hall–Kier alpha value is -1.95. The zero-order valence-corrected chi connectivity index (χ0v) is 16.9. The number of carbonyl (C=O) groups excluding carboxylic acids is 2. The lowest BCUT2D eigenvalue weighted by atomic mass is 9.97. The molecule has 1 fully saturated rings. The molecule has 3 N–H and O–H groups in total. The summed E-state index contributed by atoms with van der Waals surface area (Å²) in [5.74, 6) is -0.568. The summed E-state index contributed by atoms with van der Waals surface area (Å²) in [4.78, 5) is 28.7. The highest BCUT2D eigenvalue weighted by Crippen LogP contribution is 2.17. The maximum absolute atomic E-state index is 12.6. The topological polar surface area (TPSA) is 91.3 Å². The number of aromatic nitrogens is 1. The number of rotatable bonds is 6. The van der Waals surface area contributed by atoms with Crippen molar-refractivity contribution in [2.45, 2.75) is 89.1 Å². The van der Waals surface area contributed by atoms with E-state index in [1.165, 1.54) is 44.9 Å². The lowest BCUT2D eigenvalue weighted by Gasteiger charge is -2.23. The molecular weight excluding hydrogens is 354 g/mol. The van der Waals surface area contributed by atoms with Crippen LogP contribution in [0.15, 0.2) is 24.5 Å². The van der Waals surface area contributed by atoms with Crippen LogP contribution >= 0.6 is 0 Å². The Bertz CT molecular complexity index is 568. The van der Waals surface area contributed by atoms with Crippen LogP contribution in [0.2, 0.25) is 0 Å². The van der Waals surface area contributed by atoms with E-state index in [0.717, 1.165) is 31.2 Å². The molecule has 2 amide bonds. The molecule has 0 unspecified atom stereocenters. The molecule has 28 heavy (non-hydrogen) atoms. The molecule has 156 valence electrons. The predicted octanol–water partition coefficient (Wildman–Crippen LogP) is 2.89. The largest absolute Gasteiger partial charge is 0.394 e. The standard InChI is InChI=1S/C22H35N3O3/c26-17-20(25-21(27)16-18-12-14-23-15-13-18)22(28)24-19-10-8-6-4-2-1-3-5-7-9-11-19/h12-15,19-20,26H,1-11,16-17H2,(H,24,28)(H,25,27)/t20-/m0/s1. The molecule has 1 aliphatic carbocycles. The van der Waals surface area contributed by atoms with Crippen LogP contribution in [0.1, 0.15) is 76.2 Å². The van der Waals surface area contributed by atoms with Gasteiger partial charge in [-0.15, -0.1) is 0 Å². The first kappa shape index (κ1) is 22.3. The molecule has 6 heteroatoms. The summed E-state index contributed by atoms with van der Waals surface area (Å²) in [6, 6.07) is 2.74. The molecule has 0 radical (unpaired) electrons. The minimum Gasteiger partial charge on any atom is -0.394 e. The fourth-order valence-corrected chi connectivity index (χ4v) is 3.73. The van der Waals surface area contributed by atoms with Gasteiger partial charge in [-0.3, -0.25) is 14.6 Å². The van der Waals surface area contributed by atoms with E-state index in [1.54, 1.807) is 24.5 Å². The van der Waals surface area contributed by atoms with E-state index in [4.69, 9.17) is 0 Å². The van der Waals surface area contributed by atoms with Gasteiger partial charge in [0.25, 0.3) is 0 Å². The van der Waals surface area contributed by atoms with Crippen molar-refractivity contribution in [2.24, 2.45) is 0 Å². The summed E-state index contributed by atoms with van der Waals surface area (Å²) in [5, 5.41) is 15.3. The van der Waals surface area contributed by atoms with Crippen molar-refractivity contribution >= 4 is 11.8 Å². The maximum Gasteiger partial charge on any atom is 0.245 e. The summed E-state index contributed by atoms with van der Waals surface area (Å²) in [6.45, 7) is -0.402. The molecule has 1 atom stereocenters. The monoisotopic (exact) mass is 389 g/mol. The van der Waals surface area contributed by atoms with Gasteiger partial charge in [0.2, 0.25) is 11.8 Å². The molecule has 2 rings (SSSR count). The highest BCUT2D eigenvalue weighted by atomic mass is 16.3. The summed E-state index contributed by atoms with van der Waals surface area (Å²) in [6.07, 6.45) is 16.5. The molecule has 6 nitrogen and oxygen atoms in total. The molecule has 0 bridgehead atoms. The first-order chi connectivity index (χ1) is 13.7. The van der Waals surface area contributed by atoms with Crippen LogP contribution in [0.25, 0.3) is 0 Å². The minimum atomic E-state index is -0.907. The average molecular weight is 390 g/mol. The van der Waals surface area contributed by atoms with E-state index in [2.05, 4.69) is 15.6 Å². The summed E-state index contributed by atoms with van der Waals surface area (Å²) < 4.78 is 0. The van der Waals surface area contributed by atoms with Crippen molar-refractivity contribution in [1.29, 1.82) is 0 Å². The van der Waals surface area contributed by atoms with Gasteiger partial charge >= 0.3 is 0 Å². The van der Waals surface area contributed by atoms with E-state index in [0.29, 0.717) is 0 Å². The molecule has 0 spiro atoms. The molecule has 0 aliphatic heterocycles. The highest BCUT2D eigenvalue weighted by Gasteiger charge is 2.22. The zero-order chi connectivity index (χ0) is 20.0. The quantitative estimate of drug-likeness (QED) is 0.698. The number of aliphatic hydroxyl groups excluding tert-OH is 1. The Morgan fingerprint density at radius 1 is 0.964 bits per heavy atom. The maximum atomic E-state index is 12.6. The number of nitrogens with zero attached hydrogens (tertiary/aromatic N) is 1. The number of nitrogens with one attached hydrogen (secondary N) is 2. The van der Waals surface area contributed by atoms with Crippen molar-refractivity contribution in [3.8, 4) is 0 Å². The number of hydrogen-bond donors (Lipinski definition) is 3. The van der Waals surface area contributed by atoms with E-state index in [-0.39, 0.29) is 24.3 Å². The van der Waals surface area contributed by atoms with Crippen LogP contribution in [-0.2, 0) is 16.0 Å². The molecular formula is C22H35N3O3. The summed E-state index contributed by atoms with van der Waals surface area (Å²) in [5.41, 5.74) is 0.823. The Balaban J connectivity index is 1.82. The Morgan fingerprint density at radius 3 is 2.04 bits per heavy atom. The van der Waals surface area contributed by atoms with Gasteiger partial charge in [-0.2, -0.15) is 0 Å². The second-order valence-electron chi connectivity index (χ2n) is 7.80. The van der Waals surface area contributed by atoms with Crippen molar-refractivity contribution < 1.29 is 14.7 Å². The lowest BCUT2D eigenvalue weighted by molar-refractivity contribution is -0.130. The normalized spacial score (nSPS) is 18.3. The van der Waals surface area contributed by atoms with Crippen LogP contribution in [0.4, 0.5) is 0 Å². The van der Waals surface area contributed by atoms with Gasteiger partial charge in [0.15, 0.2) is 0 Å². The number of carbonyl (C=O) groups is 2. The molecule has 1 aromatic rings. The lowest BCUT2D eigenvalue weighted by Crippen LogP contribution is -2.51. The van der Waals surface area contributed by atoms with Crippen molar-refractivity contribution in [3.05, 3.63) is 30.1 Å². The number of amides is 2. The van der Waals surface area contributed by atoms with E-state index in [1.807, 2.05) is 0 Å². The fraction of sp³-hybridized carbons (Fsp3) is 0.682. The Labute approximate surface area is 168 Å². The van der Waals surface area contributed by atoms with E-state index < -0.39 is 12.6 Å². The fourth-order valence-electron chi connectivity index (χ4n) is 3.73. The second kappa shape index (κ2) is 13.3. The number of hydrogen-bond acceptors (Lipinski definition) is 4. The first-order valence-corrected chi connectivity index (χ1v) is 10.8. The van der Waals surface area contributed by atoms with Gasteiger partial charge < -0.3 is 15.7 Å². The van der Waals surface area contributed by atoms with Crippen molar-refractivity contribution in [1.82, 2.24) is 15.6 Å². The molecule has 0 saturated heterocycles. The molecule has 1 aromatic heterocycles. The van der Waals surface area contributed by atoms with Crippen LogP contribution < -0.4 is 10.6 Å². The van der Waals surface area contributed by atoms with Gasteiger partial charge in [-0.25, -0.2) is 0 Å². The van der Waals surface area contributed by atoms with Crippen molar-refractivity contribution in [3.63, 3.8) is 0 Å².